The van der Waals surface area contributed by atoms with Crippen LogP contribution in [-0.4, -0.2) is 23.5 Å². The van der Waals surface area contributed by atoms with Crippen molar-refractivity contribution in [3.05, 3.63) is 35.9 Å². The summed E-state index contributed by atoms with van der Waals surface area (Å²) in [5.41, 5.74) is 0.590. The monoisotopic (exact) mass is 289 g/mol. The van der Waals surface area contributed by atoms with E-state index >= 15 is 0 Å². The van der Waals surface area contributed by atoms with Crippen molar-refractivity contribution >= 4 is 11.9 Å². The molecule has 1 fully saturated rings. The molecule has 4 nitrogen and oxygen atoms in total. The van der Waals surface area contributed by atoms with Crippen LogP contribution >= 0.6 is 0 Å². The Morgan fingerprint density at radius 3 is 2.43 bits per heavy atom. The average molecular weight is 289 g/mol. The van der Waals surface area contributed by atoms with Crippen molar-refractivity contribution in [2.24, 2.45) is 5.92 Å². The Morgan fingerprint density at radius 2 is 1.95 bits per heavy atom. The molecule has 114 valence electrons. The number of carboxylic acid groups (broad SMARTS) is 1. The van der Waals surface area contributed by atoms with Crippen LogP contribution in [0.25, 0.3) is 0 Å². The van der Waals surface area contributed by atoms with E-state index in [4.69, 9.17) is 5.11 Å². The molecule has 0 radical (unpaired) electrons. The first-order valence-electron chi connectivity index (χ1n) is 7.67. The van der Waals surface area contributed by atoms with Crippen LogP contribution in [0.5, 0.6) is 0 Å². The number of hydrogen-bond acceptors (Lipinski definition) is 2. The molecule has 0 aliphatic heterocycles. The van der Waals surface area contributed by atoms with E-state index in [1.54, 1.807) is 0 Å². The predicted octanol–water partition coefficient (Wildman–Crippen LogP) is 2.73. The van der Waals surface area contributed by atoms with Gasteiger partial charge in [0.2, 0.25) is 5.91 Å². The maximum atomic E-state index is 12.6. The molecule has 0 heterocycles. The summed E-state index contributed by atoms with van der Waals surface area (Å²) < 4.78 is 0. The van der Waals surface area contributed by atoms with Gasteiger partial charge >= 0.3 is 5.97 Å². The smallest absolute Gasteiger partial charge is 0.308 e. The molecular formula is C17H23NO3. The maximum Gasteiger partial charge on any atom is 0.308 e. The fourth-order valence-electron chi connectivity index (χ4n) is 2.98. The molecule has 1 saturated carbocycles. The summed E-state index contributed by atoms with van der Waals surface area (Å²) in [6.45, 7) is 2.17. The lowest BCUT2D eigenvalue weighted by Gasteiger charge is -2.41. The van der Waals surface area contributed by atoms with Gasteiger partial charge in [-0.05, 0) is 24.8 Å². The molecule has 0 spiro atoms. The third-order valence-electron chi connectivity index (χ3n) is 4.46. The summed E-state index contributed by atoms with van der Waals surface area (Å²) in [4.78, 5) is 23.7. The van der Waals surface area contributed by atoms with Gasteiger partial charge in [0.25, 0.3) is 0 Å². The minimum absolute atomic E-state index is 0.0256. The minimum Gasteiger partial charge on any atom is -0.481 e. The van der Waals surface area contributed by atoms with Gasteiger partial charge in [0.05, 0.1) is 11.3 Å². The Bertz CT molecular complexity index is 494. The topological polar surface area (TPSA) is 66.4 Å². The van der Waals surface area contributed by atoms with Gasteiger partial charge in [-0.15, -0.1) is 0 Å². The fraction of sp³-hybridized carbons (Fsp3) is 0.529. The second-order valence-electron chi connectivity index (χ2n) is 5.84. The third-order valence-corrected chi connectivity index (χ3v) is 4.46. The molecule has 0 bridgehead atoms. The standard InChI is InChI=1S/C17H23NO3/c1-2-7-13(15(19)20)12-18-16(21)17(10-6-11-17)14-8-4-3-5-9-14/h3-5,8-9,13H,2,6-7,10-12H2,1H3,(H,18,21)(H,19,20). The molecule has 1 amide bonds. The highest BCUT2D eigenvalue weighted by Gasteiger charge is 2.45. The van der Waals surface area contributed by atoms with Crippen LogP contribution < -0.4 is 5.32 Å². The summed E-state index contributed by atoms with van der Waals surface area (Å²) in [5.74, 6) is -1.35. The lowest BCUT2D eigenvalue weighted by Crippen LogP contribution is -2.50. The number of nitrogens with one attached hydrogen (secondary N) is 1. The molecule has 1 atom stereocenters. The second kappa shape index (κ2) is 6.74. The van der Waals surface area contributed by atoms with E-state index in [0.717, 1.165) is 31.2 Å². The molecule has 0 aromatic heterocycles. The zero-order valence-corrected chi connectivity index (χ0v) is 12.5. The first-order chi connectivity index (χ1) is 10.1. The van der Waals surface area contributed by atoms with Crippen LogP contribution in [-0.2, 0) is 15.0 Å². The van der Waals surface area contributed by atoms with Gasteiger partial charge in [-0.1, -0.05) is 50.1 Å². The summed E-state index contributed by atoms with van der Waals surface area (Å²) in [5, 5.41) is 12.0. The van der Waals surface area contributed by atoms with Crippen molar-refractivity contribution in [3.63, 3.8) is 0 Å². The Balaban J connectivity index is 2.03. The predicted molar refractivity (Wildman–Crippen MR) is 81.0 cm³/mol. The van der Waals surface area contributed by atoms with Crippen LogP contribution in [0.1, 0.15) is 44.6 Å². The first kappa shape index (κ1) is 15.5. The Morgan fingerprint density at radius 1 is 1.29 bits per heavy atom. The van der Waals surface area contributed by atoms with Gasteiger partial charge in [-0.3, -0.25) is 9.59 Å². The lowest BCUT2D eigenvalue weighted by molar-refractivity contribution is -0.142. The van der Waals surface area contributed by atoms with E-state index in [1.165, 1.54) is 0 Å². The molecule has 1 aromatic rings. The first-order valence-corrected chi connectivity index (χ1v) is 7.67. The Hall–Kier alpha value is -1.84. The summed E-state index contributed by atoms with van der Waals surface area (Å²) in [6, 6.07) is 9.80. The van der Waals surface area contributed by atoms with Gasteiger partial charge in [0.1, 0.15) is 0 Å². The van der Waals surface area contributed by atoms with E-state index in [1.807, 2.05) is 37.3 Å². The van der Waals surface area contributed by atoms with Crippen molar-refractivity contribution < 1.29 is 14.7 Å². The Labute approximate surface area is 125 Å². The number of benzene rings is 1. The van der Waals surface area contributed by atoms with E-state index < -0.39 is 17.3 Å². The second-order valence-corrected chi connectivity index (χ2v) is 5.84. The molecule has 21 heavy (non-hydrogen) atoms. The zero-order chi connectivity index (χ0) is 15.3. The Kier molecular flexibility index (Phi) is 4.99. The van der Waals surface area contributed by atoms with Crippen molar-refractivity contribution in [3.8, 4) is 0 Å². The largest absolute Gasteiger partial charge is 0.481 e. The highest BCUT2D eigenvalue weighted by atomic mass is 16.4. The molecule has 1 aliphatic rings. The average Bonchev–Trinajstić information content (AvgIpc) is 2.43. The van der Waals surface area contributed by atoms with Crippen molar-refractivity contribution in [1.82, 2.24) is 5.32 Å². The number of rotatable bonds is 7. The molecule has 0 saturated heterocycles. The van der Waals surface area contributed by atoms with E-state index in [0.29, 0.717) is 6.42 Å². The van der Waals surface area contributed by atoms with Crippen LogP contribution in [0.15, 0.2) is 30.3 Å². The van der Waals surface area contributed by atoms with Gasteiger partial charge in [-0.25, -0.2) is 0 Å². The van der Waals surface area contributed by atoms with Crippen molar-refractivity contribution in [1.29, 1.82) is 0 Å². The van der Waals surface area contributed by atoms with Gasteiger partial charge in [-0.2, -0.15) is 0 Å². The van der Waals surface area contributed by atoms with Gasteiger partial charge in [0, 0.05) is 6.54 Å². The van der Waals surface area contributed by atoms with Crippen molar-refractivity contribution in [2.45, 2.75) is 44.4 Å². The number of amides is 1. The number of carbonyl (C=O) groups excluding carboxylic acids is 1. The van der Waals surface area contributed by atoms with Crippen LogP contribution in [0.3, 0.4) is 0 Å². The van der Waals surface area contributed by atoms with Crippen LogP contribution in [0.2, 0.25) is 0 Å². The normalized spacial score (nSPS) is 17.6. The van der Waals surface area contributed by atoms with Gasteiger partial charge < -0.3 is 10.4 Å². The van der Waals surface area contributed by atoms with E-state index in [2.05, 4.69) is 5.32 Å². The van der Waals surface area contributed by atoms with Crippen LogP contribution in [0.4, 0.5) is 0 Å². The molecule has 4 heteroatoms. The molecule has 2 N–H and O–H groups in total. The number of carboxylic acids is 1. The minimum atomic E-state index is -0.834. The number of aliphatic carboxylic acids is 1. The SMILES string of the molecule is CCCC(CNC(=O)C1(c2ccccc2)CCC1)C(=O)O. The highest BCUT2D eigenvalue weighted by Crippen LogP contribution is 2.43. The van der Waals surface area contributed by atoms with E-state index in [-0.39, 0.29) is 12.5 Å². The lowest BCUT2D eigenvalue weighted by atomic mass is 9.64. The van der Waals surface area contributed by atoms with Gasteiger partial charge in [0.15, 0.2) is 0 Å². The quantitative estimate of drug-likeness (QED) is 0.811. The van der Waals surface area contributed by atoms with E-state index in [9.17, 15) is 9.59 Å². The molecular weight excluding hydrogens is 266 g/mol. The third kappa shape index (κ3) is 3.26. The fourth-order valence-corrected chi connectivity index (χ4v) is 2.98. The summed E-state index contributed by atoms with van der Waals surface area (Å²) >= 11 is 0. The summed E-state index contributed by atoms with van der Waals surface area (Å²) in [7, 11) is 0. The zero-order valence-electron chi connectivity index (χ0n) is 12.5. The van der Waals surface area contributed by atoms with Crippen LogP contribution in [0, 0.1) is 5.92 Å². The molecule has 1 aliphatic carbocycles. The number of hydrogen-bond donors (Lipinski definition) is 2. The maximum absolute atomic E-state index is 12.6. The number of carbonyl (C=O) groups is 2. The highest BCUT2D eigenvalue weighted by molar-refractivity contribution is 5.89. The molecule has 1 aromatic carbocycles. The van der Waals surface area contributed by atoms with Crippen molar-refractivity contribution in [2.75, 3.05) is 6.54 Å². The molecule has 2 rings (SSSR count). The summed E-state index contributed by atoms with van der Waals surface area (Å²) in [6.07, 6.45) is 4.12. The molecule has 1 unspecified atom stereocenters.